The van der Waals surface area contributed by atoms with Gasteiger partial charge in [0.1, 0.15) is 5.01 Å². The van der Waals surface area contributed by atoms with Crippen LogP contribution in [0.15, 0.2) is 11.6 Å². The Morgan fingerprint density at radius 1 is 1.53 bits per heavy atom. The number of hydrogen-bond acceptors (Lipinski definition) is 5. The van der Waals surface area contributed by atoms with Crippen molar-refractivity contribution in [3.8, 4) is 0 Å². The fourth-order valence-corrected chi connectivity index (χ4v) is 2.37. The lowest BCUT2D eigenvalue weighted by molar-refractivity contribution is 0.0503. The molecule has 0 aromatic carbocycles. The van der Waals surface area contributed by atoms with Crippen LogP contribution in [0, 0.1) is 0 Å². The Balaban J connectivity index is 1.63. The van der Waals surface area contributed by atoms with Crippen LogP contribution in [-0.4, -0.2) is 30.3 Å². The van der Waals surface area contributed by atoms with Crippen molar-refractivity contribution in [3.05, 3.63) is 16.6 Å². The van der Waals surface area contributed by atoms with E-state index in [0.29, 0.717) is 12.6 Å². The van der Waals surface area contributed by atoms with Crippen LogP contribution < -0.4 is 11.1 Å². The van der Waals surface area contributed by atoms with Crippen molar-refractivity contribution in [2.24, 2.45) is 5.73 Å². The number of hydrogen-bond donors (Lipinski definition) is 2. The van der Waals surface area contributed by atoms with Gasteiger partial charge in [0.15, 0.2) is 0 Å². The molecule has 0 aliphatic carbocycles. The molecule has 0 bridgehead atoms. The molecule has 4 nitrogen and oxygen atoms in total. The molecule has 2 heterocycles. The van der Waals surface area contributed by atoms with E-state index in [9.17, 15) is 0 Å². The number of rotatable bonds is 5. The molecule has 2 unspecified atom stereocenters. The molecule has 1 aromatic heterocycles. The summed E-state index contributed by atoms with van der Waals surface area (Å²) in [6.45, 7) is 2.38. The van der Waals surface area contributed by atoms with E-state index in [2.05, 4.69) is 10.3 Å². The molecule has 0 saturated carbocycles. The van der Waals surface area contributed by atoms with Gasteiger partial charge in [-0.2, -0.15) is 0 Å². The van der Waals surface area contributed by atoms with Gasteiger partial charge in [-0.05, 0) is 12.8 Å². The molecule has 2 rings (SSSR count). The summed E-state index contributed by atoms with van der Waals surface area (Å²) in [5.74, 6) is 0. The zero-order valence-corrected chi connectivity index (χ0v) is 9.50. The summed E-state index contributed by atoms with van der Waals surface area (Å²) in [6.07, 6.45) is 4.65. The minimum absolute atomic E-state index is 0.275. The number of thiazole rings is 1. The van der Waals surface area contributed by atoms with Crippen molar-refractivity contribution in [2.45, 2.75) is 31.6 Å². The molecule has 3 N–H and O–H groups in total. The predicted molar refractivity (Wildman–Crippen MR) is 60.8 cm³/mol. The van der Waals surface area contributed by atoms with Gasteiger partial charge in [-0.25, -0.2) is 4.98 Å². The molecule has 0 spiro atoms. The summed E-state index contributed by atoms with van der Waals surface area (Å²) in [7, 11) is 0. The number of nitrogens with zero attached hydrogens (tertiary/aromatic N) is 1. The quantitative estimate of drug-likeness (QED) is 0.779. The van der Waals surface area contributed by atoms with Crippen molar-refractivity contribution in [3.63, 3.8) is 0 Å². The van der Waals surface area contributed by atoms with Gasteiger partial charge < -0.3 is 15.8 Å². The van der Waals surface area contributed by atoms with Crippen LogP contribution in [0.4, 0.5) is 0 Å². The third-order valence-corrected chi connectivity index (χ3v) is 3.37. The average Bonchev–Trinajstić information content (AvgIpc) is 2.88. The first-order valence-corrected chi connectivity index (χ1v) is 6.21. The third-order valence-electron chi connectivity index (χ3n) is 2.59. The molecule has 1 aliphatic rings. The SMILES string of the molecule is NCC1CCC(CNCc2nccs2)O1. The summed E-state index contributed by atoms with van der Waals surface area (Å²) in [5, 5.41) is 6.48. The Labute approximate surface area is 93.8 Å². The molecule has 1 saturated heterocycles. The lowest BCUT2D eigenvalue weighted by Gasteiger charge is -2.12. The molecule has 2 atom stereocenters. The van der Waals surface area contributed by atoms with E-state index in [1.54, 1.807) is 11.3 Å². The van der Waals surface area contributed by atoms with Crippen molar-refractivity contribution in [1.29, 1.82) is 0 Å². The highest BCUT2D eigenvalue weighted by atomic mass is 32.1. The van der Waals surface area contributed by atoms with Crippen molar-refractivity contribution < 1.29 is 4.74 Å². The van der Waals surface area contributed by atoms with Crippen LogP contribution in [0.3, 0.4) is 0 Å². The van der Waals surface area contributed by atoms with E-state index in [0.717, 1.165) is 30.9 Å². The molecule has 0 amide bonds. The number of nitrogens with one attached hydrogen (secondary N) is 1. The van der Waals surface area contributed by atoms with E-state index < -0.39 is 0 Å². The standard InChI is InChI=1S/C10H17N3OS/c11-5-8-1-2-9(14-8)6-12-7-10-13-3-4-15-10/h3-4,8-9,12H,1-2,5-7,11H2. The molecule has 0 radical (unpaired) electrons. The van der Waals surface area contributed by atoms with Crippen LogP contribution in [0.25, 0.3) is 0 Å². The molecule has 1 aromatic rings. The molecule has 84 valence electrons. The summed E-state index contributed by atoms with van der Waals surface area (Å²) >= 11 is 1.68. The second kappa shape index (κ2) is 5.55. The van der Waals surface area contributed by atoms with Gasteiger partial charge in [0, 0.05) is 31.2 Å². The predicted octanol–water partition coefficient (Wildman–Crippen LogP) is 0.739. The smallest absolute Gasteiger partial charge is 0.106 e. The minimum Gasteiger partial charge on any atom is -0.372 e. The van der Waals surface area contributed by atoms with Crippen molar-refractivity contribution >= 4 is 11.3 Å². The fraction of sp³-hybridized carbons (Fsp3) is 0.700. The van der Waals surface area contributed by atoms with E-state index in [1.807, 2.05) is 11.6 Å². The summed E-state index contributed by atoms with van der Waals surface area (Å²) in [5.41, 5.74) is 5.55. The Kier molecular flexibility index (Phi) is 4.08. The Morgan fingerprint density at radius 3 is 3.07 bits per heavy atom. The Morgan fingerprint density at radius 2 is 2.40 bits per heavy atom. The van der Waals surface area contributed by atoms with E-state index in [1.165, 1.54) is 0 Å². The molecule has 1 fully saturated rings. The van der Waals surface area contributed by atoms with Crippen LogP contribution in [-0.2, 0) is 11.3 Å². The lowest BCUT2D eigenvalue weighted by Crippen LogP contribution is -2.28. The summed E-state index contributed by atoms with van der Waals surface area (Å²) in [6, 6.07) is 0. The first-order valence-electron chi connectivity index (χ1n) is 5.33. The first-order chi connectivity index (χ1) is 7.38. The number of nitrogens with two attached hydrogens (primary N) is 1. The van der Waals surface area contributed by atoms with Gasteiger partial charge in [0.05, 0.1) is 12.2 Å². The highest BCUT2D eigenvalue weighted by molar-refractivity contribution is 7.09. The maximum atomic E-state index is 5.73. The topological polar surface area (TPSA) is 60.2 Å². The van der Waals surface area contributed by atoms with Crippen molar-refractivity contribution in [2.75, 3.05) is 13.1 Å². The van der Waals surface area contributed by atoms with Crippen LogP contribution in [0.2, 0.25) is 0 Å². The van der Waals surface area contributed by atoms with Gasteiger partial charge >= 0.3 is 0 Å². The molecule has 5 heteroatoms. The van der Waals surface area contributed by atoms with Gasteiger partial charge in [0.2, 0.25) is 0 Å². The number of ether oxygens (including phenoxy) is 1. The van der Waals surface area contributed by atoms with E-state index in [4.69, 9.17) is 10.5 Å². The lowest BCUT2D eigenvalue weighted by atomic mass is 10.2. The maximum absolute atomic E-state index is 5.73. The van der Waals surface area contributed by atoms with Gasteiger partial charge in [0.25, 0.3) is 0 Å². The highest BCUT2D eigenvalue weighted by Gasteiger charge is 2.23. The highest BCUT2D eigenvalue weighted by Crippen LogP contribution is 2.18. The summed E-state index contributed by atoms with van der Waals surface area (Å²) in [4.78, 5) is 4.21. The summed E-state index contributed by atoms with van der Waals surface area (Å²) < 4.78 is 5.73. The second-order valence-corrected chi connectivity index (χ2v) is 4.73. The normalized spacial score (nSPS) is 25.9. The van der Waals surface area contributed by atoms with Crippen LogP contribution >= 0.6 is 11.3 Å². The molecular weight excluding hydrogens is 210 g/mol. The third kappa shape index (κ3) is 3.24. The Bertz CT molecular complexity index is 278. The van der Waals surface area contributed by atoms with Crippen LogP contribution in [0.5, 0.6) is 0 Å². The second-order valence-electron chi connectivity index (χ2n) is 3.75. The van der Waals surface area contributed by atoms with E-state index >= 15 is 0 Å². The fourth-order valence-electron chi connectivity index (χ4n) is 1.78. The maximum Gasteiger partial charge on any atom is 0.106 e. The first kappa shape index (κ1) is 11.0. The van der Waals surface area contributed by atoms with Crippen molar-refractivity contribution in [1.82, 2.24) is 10.3 Å². The largest absolute Gasteiger partial charge is 0.372 e. The Hall–Kier alpha value is -0.490. The van der Waals surface area contributed by atoms with Gasteiger partial charge in [-0.1, -0.05) is 0 Å². The van der Waals surface area contributed by atoms with E-state index in [-0.39, 0.29) is 6.10 Å². The minimum atomic E-state index is 0.275. The number of aromatic nitrogens is 1. The monoisotopic (exact) mass is 227 g/mol. The zero-order valence-electron chi connectivity index (χ0n) is 8.69. The molecule has 15 heavy (non-hydrogen) atoms. The average molecular weight is 227 g/mol. The van der Waals surface area contributed by atoms with Crippen LogP contribution in [0.1, 0.15) is 17.8 Å². The zero-order chi connectivity index (χ0) is 10.5. The van der Waals surface area contributed by atoms with Gasteiger partial charge in [-0.3, -0.25) is 0 Å². The molecular formula is C10H17N3OS. The van der Waals surface area contributed by atoms with Gasteiger partial charge in [-0.15, -0.1) is 11.3 Å². The molecule has 1 aliphatic heterocycles.